The second-order valence-electron chi connectivity index (χ2n) is 5.70. The van der Waals surface area contributed by atoms with Crippen molar-refractivity contribution >= 4 is 16.9 Å². The van der Waals surface area contributed by atoms with Crippen LogP contribution in [0.25, 0.3) is 10.9 Å². The number of aryl methyl sites for hydroxylation is 1. The van der Waals surface area contributed by atoms with E-state index in [0.29, 0.717) is 6.54 Å². The first kappa shape index (κ1) is 15.4. The van der Waals surface area contributed by atoms with Gasteiger partial charge in [0.15, 0.2) is 0 Å². The van der Waals surface area contributed by atoms with Crippen LogP contribution in [0.1, 0.15) is 37.8 Å². The van der Waals surface area contributed by atoms with Crippen LogP contribution in [0.4, 0.5) is 4.79 Å². The van der Waals surface area contributed by atoms with Gasteiger partial charge in [-0.05, 0) is 43.9 Å². The van der Waals surface area contributed by atoms with Crippen molar-refractivity contribution in [1.29, 1.82) is 0 Å². The fourth-order valence-electron chi connectivity index (χ4n) is 2.60. The summed E-state index contributed by atoms with van der Waals surface area (Å²) in [7, 11) is 0. The number of H-pyrrole nitrogens is 1. The van der Waals surface area contributed by atoms with Crippen molar-refractivity contribution in [2.75, 3.05) is 6.54 Å². The number of carbonyl (C=O) groups excluding carboxylic acids is 1. The SMILES string of the molecule is CCCC(C)NC(=O)NCCc1c[nH]c2cc(C)ccc12. The molecule has 1 aromatic carbocycles. The molecule has 0 saturated carbocycles. The van der Waals surface area contributed by atoms with Crippen LogP contribution in [-0.2, 0) is 6.42 Å². The third-order valence-corrected chi connectivity index (χ3v) is 3.70. The van der Waals surface area contributed by atoms with Crippen molar-refractivity contribution in [3.63, 3.8) is 0 Å². The Bertz CT molecular complexity index is 603. The van der Waals surface area contributed by atoms with E-state index in [1.54, 1.807) is 0 Å². The van der Waals surface area contributed by atoms with E-state index in [1.165, 1.54) is 16.5 Å². The largest absolute Gasteiger partial charge is 0.361 e. The standard InChI is InChI=1S/C17H25N3O/c1-4-5-13(3)20-17(21)18-9-8-14-11-19-16-10-12(2)6-7-15(14)16/h6-7,10-11,13,19H,4-5,8-9H2,1-3H3,(H2,18,20,21). The van der Waals surface area contributed by atoms with Crippen molar-refractivity contribution < 1.29 is 4.79 Å². The number of hydrogen-bond donors (Lipinski definition) is 3. The summed E-state index contributed by atoms with van der Waals surface area (Å²) in [5.41, 5.74) is 3.65. The number of nitrogens with one attached hydrogen (secondary N) is 3. The number of hydrogen-bond acceptors (Lipinski definition) is 1. The Morgan fingerprint density at radius 1 is 1.38 bits per heavy atom. The molecule has 1 heterocycles. The van der Waals surface area contributed by atoms with Gasteiger partial charge in [0.2, 0.25) is 0 Å². The lowest BCUT2D eigenvalue weighted by Crippen LogP contribution is -2.41. The molecule has 21 heavy (non-hydrogen) atoms. The van der Waals surface area contributed by atoms with E-state index < -0.39 is 0 Å². The molecule has 0 aliphatic carbocycles. The van der Waals surface area contributed by atoms with Crippen molar-refractivity contribution in [2.24, 2.45) is 0 Å². The van der Waals surface area contributed by atoms with E-state index in [2.05, 4.69) is 47.7 Å². The highest BCUT2D eigenvalue weighted by Crippen LogP contribution is 2.19. The van der Waals surface area contributed by atoms with Crippen LogP contribution in [-0.4, -0.2) is 23.6 Å². The molecule has 0 radical (unpaired) electrons. The van der Waals surface area contributed by atoms with Gasteiger partial charge in [-0.15, -0.1) is 0 Å². The first-order valence-electron chi connectivity index (χ1n) is 7.71. The van der Waals surface area contributed by atoms with Crippen molar-refractivity contribution in [3.8, 4) is 0 Å². The highest BCUT2D eigenvalue weighted by Gasteiger charge is 2.07. The van der Waals surface area contributed by atoms with E-state index in [1.807, 2.05) is 13.1 Å². The molecule has 1 atom stereocenters. The summed E-state index contributed by atoms with van der Waals surface area (Å²) in [5, 5.41) is 7.11. The normalized spacial score (nSPS) is 12.3. The zero-order valence-electron chi connectivity index (χ0n) is 13.1. The van der Waals surface area contributed by atoms with Crippen molar-refractivity contribution in [2.45, 2.75) is 46.1 Å². The van der Waals surface area contributed by atoms with E-state index in [9.17, 15) is 4.79 Å². The number of benzene rings is 1. The van der Waals surface area contributed by atoms with Gasteiger partial charge in [0.1, 0.15) is 0 Å². The predicted molar refractivity (Wildman–Crippen MR) is 87.6 cm³/mol. The first-order chi connectivity index (χ1) is 10.1. The highest BCUT2D eigenvalue weighted by molar-refractivity contribution is 5.83. The molecule has 2 amide bonds. The molecule has 2 aromatic rings. The van der Waals surface area contributed by atoms with Crippen molar-refractivity contribution in [1.82, 2.24) is 15.6 Å². The number of aromatic amines is 1. The topological polar surface area (TPSA) is 56.9 Å². The van der Waals surface area contributed by atoms with E-state index in [0.717, 1.165) is 24.8 Å². The average molecular weight is 287 g/mol. The Morgan fingerprint density at radius 2 is 2.19 bits per heavy atom. The molecule has 114 valence electrons. The average Bonchev–Trinajstić information content (AvgIpc) is 2.81. The van der Waals surface area contributed by atoms with Gasteiger partial charge in [-0.3, -0.25) is 0 Å². The smallest absolute Gasteiger partial charge is 0.315 e. The Balaban J connectivity index is 1.84. The van der Waals surface area contributed by atoms with E-state index in [-0.39, 0.29) is 12.1 Å². The quantitative estimate of drug-likeness (QED) is 0.748. The van der Waals surface area contributed by atoms with Gasteiger partial charge >= 0.3 is 6.03 Å². The fourth-order valence-corrected chi connectivity index (χ4v) is 2.60. The molecular weight excluding hydrogens is 262 g/mol. The summed E-state index contributed by atoms with van der Waals surface area (Å²) in [6.07, 6.45) is 4.95. The molecule has 2 rings (SSSR count). The molecule has 1 unspecified atom stereocenters. The summed E-state index contributed by atoms with van der Waals surface area (Å²) < 4.78 is 0. The summed E-state index contributed by atoms with van der Waals surface area (Å²) in [6, 6.07) is 6.55. The molecule has 1 aromatic heterocycles. The zero-order chi connectivity index (χ0) is 15.2. The minimum Gasteiger partial charge on any atom is -0.361 e. The number of amides is 2. The molecule has 4 heteroatoms. The van der Waals surface area contributed by atoms with Crippen LogP contribution in [0, 0.1) is 6.92 Å². The zero-order valence-corrected chi connectivity index (χ0v) is 13.1. The lowest BCUT2D eigenvalue weighted by molar-refractivity contribution is 0.237. The lowest BCUT2D eigenvalue weighted by Gasteiger charge is -2.13. The summed E-state index contributed by atoms with van der Waals surface area (Å²) in [4.78, 5) is 15.0. The van der Waals surface area contributed by atoms with Gasteiger partial charge in [-0.1, -0.05) is 25.5 Å². The number of rotatable bonds is 6. The minimum atomic E-state index is -0.0772. The van der Waals surface area contributed by atoms with Gasteiger partial charge < -0.3 is 15.6 Å². The first-order valence-corrected chi connectivity index (χ1v) is 7.71. The predicted octanol–water partition coefficient (Wildman–Crippen LogP) is 3.51. The van der Waals surface area contributed by atoms with E-state index >= 15 is 0 Å². The van der Waals surface area contributed by atoms with Crippen LogP contribution in [0.15, 0.2) is 24.4 Å². The second-order valence-corrected chi connectivity index (χ2v) is 5.70. The Kier molecular flexibility index (Phi) is 5.26. The van der Waals surface area contributed by atoms with Crippen LogP contribution in [0.2, 0.25) is 0 Å². The molecule has 0 aliphatic heterocycles. The van der Waals surface area contributed by atoms with Gasteiger partial charge in [0, 0.05) is 29.7 Å². The Morgan fingerprint density at radius 3 is 2.95 bits per heavy atom. The molecule has 3 N–H and O–H groups in total. The molecule has 0 spiro atoms. The maximum Gasteiger partial charge on any atom is 0.315 e. The second kappa shape index (κ2) is 7.16. The van der Waals surface area contributed by atoms with Gasteiger partial charge in [0.25, 0.3) is 0 Å². The van der Waals surface area contributed by atoms with Crippen LogP contribution in [0.3, 0.4) is 0 Å². The number of urea groups is 1. The lowest BCUT2D eigenvalue weighted by atomic mass is 10.1. The summed E-state index contributed by atoms with van der Waals surface area (Å²) in [6.45, 7) is 6.88. The molecular formula is C17H25N3O. The Labute approximate surface area is 126 Å². The molecule has 0 fully saturated rings. The summed E-state index contributed by atoms with van der Waals surface area (Å²) in [5.74, 6) is 0. The van der Waals surface area contributed by atoms with E-state index in [4.69, 9.17) is 0 Å². The molecule has 4 nitrogen and oxygen atoms in total. The maximum atomic E-state index is 11.7. The van der Waals surface area contributed by atoms with Crippen LogP contribution in [0.5, 0.6) is 0 Å². The third kappa shape index (κ3) is 4.25. The monoisotopic (exact) mass is 287 g/mol. The maximum absolute atomic E-state index is 11.7. The van der Waals surface area contributed by atoms with Crippen molar-refractivity contribution in [3.05, 3.63) is 35.5 Å². The molecule has 0 aliphatic rings. The number of carbonyl (C=O) groups is 1. The summed E-state index contributed by atoms with van der Waals surface area (Å²) >= 11 is 0. The minimum absolute atomic E-state index is 0.0772. The third-order valence-electron chi connectivity index (χ3n) is 3.70. The van der Waals surface area contributed by atoms with Gasteiger partial charge in [0.05, 0.1) is 0 Å². The van der Waals surface area contributed by atoms with Gasteiger partial charge in [-0.25, -0.2) is 4.79 Å². The van der Waals surface area contributed by atoms with Crippen LogP contribution >= 0.6 is 0 Å². The number of aromatic nitrogens is 1. The Hall–Kier alpha value is -1.97. The fraction of sp³-hybridized carbons (Fsp3) is 0.471. The highest BCUT2D eigenvalue weighted by atomic mass is 16.2. The van der Waals surface area contributed by atoms with Crippen LogP contribution < -0.4 is 10.6 Å². The molecule has 0 bridgehead atoms. The van der Waals surface area contributed by atoms with Gasteiger partial charge in [-0.2, -0.15) is 0 Å². The number of fused-ring (bicyclic) bond motifs is 1. The molecule has 0 saturated heterocycles.